The van der Waals surface area contributed by atoms with E-state index in [0.717, 1.165) is 0 Å². The molecule has 1 aromatic rings. The maximum atomic E-state index is 11.7. The van der Waals surface area contributed by atoms with Crippen molar-refractivity contribution in [1.29, 1.82) is 0 Å². The Morgan fingerprint density at radius 2 is 1.89 bits per heavy atom. The fourth-order valence-corrected chi connectivity index (χ4v) is 1.94. The van der Waals surface area contributed by atoms with Crippen LogP contribution in [0.2, 0.25) is 0 Å². The summed E-state index contributed by atoms with van der Waals surface area (Å²) in [6, 6.07) is 6.25. The summed E-state index contributed by atoms with van der Waals surface area (Å²) in [7, 11) is -3.36. The van der Waals surface area contributed by atoms with Crippen LogP contribution in [0, 0.1) is 0 Å². The Hall–Kier alpha value is -1.82. The van der Waals surface area contributed by atoms with E-state index in [9.17, 15) is 13.2 Å². The molecule has 0 spiro atoms. The highest BCUT2D eigenvalue weighted by Crippen LogP contribution is 2.13. The normalized spacial score (nSPS) is 11.1. The number of anilines is 1. The van der Waals surface area contributed by atoms with Crippen LogP contribution >= 0.6 is 0 Å². The lowest BCUT2D eigenvalue weighted by Gasteiger charge is -2.11. The summed E-state index contributed by atoms with van der Waals surface area (Å²) in [5.74, 6) is -0.224. The molecule has 0 bridgehead atoms. The SMILES string of the molecule is C=CCNC(=O)c1ccc(NS(=O)(=O)C(C)C)cc1. The first kappa shape index (κ1) is 15.2. The lowest BCUT2D eigenvalue weighted by molar-refractivity contribution is 0.0958. The first-order chi connectivity index (χ1) is 8.86. The second kappa shape index (κ2) is 6.38. The quantitative estimate of drug-likeness (QED) is 0.781. The average molecular weight is 282 g/mol. The van der Waals surface area contributed by atoms with E-state index in [2.05, 4.69) is 16.6 Å². The van der Waals surface area contributed by atoms with Gasteiger partial charge in [-0.3, -0.25) is 9.52 Å². The molecule has 0 aliphatic carbocycles. The van der Waals surface area contributed by atoms with Gasteiger partial charge < -0.3 is 5.32 Å². The minimum Gasteiger partial charge on any atom is -0.349 e. The molecule has 1 aromatic carbocycles. The first-order valence-electron chi connectivity index (χ1n) is 5.87. The van der Waals surface area contributed by atoms with E-state index >= 15 is 0 Å². The van der Waals surface area contributed by atoms with Crippen molar-refractivity contribution in [3.63, 3.8) is 0 Å². The number of carbonyl (C=O) groups excluding carboxylic acids is 1. The Bertz CT molecular complexity index is 548. The van der Waals surface area contributed by atoms with Crippen molar-refractivity contribution >= 4 is 21.6 Å². The van der Waals surface area contributed by atoms with Gasteiger partial charge in [0, 0.05) is 17.8 Å². The van der Waals surface area contributed by atoms with E-state index in [-0.39, 0.29) is 5.91 Å². The highest BCUT2D eigenvalue weighted by molar-refractivity contribution is 7.93. The molecule has 5 nitrogen and oxygen atoms in total. The number of amides is 1. The molecule has 0 saturated carbocycles. The third kappa shape index (κ3) is 4.40. The molecule has 0 saturated heterocycles. The molecule has 1 amide bonds. The number of hydrogen-bond acceptors (Lipinski definition) is 3. The van der Waals surface area contributed by atoms with Crippen molar-refractivity contribution in [2.45, 2.75) is 19.1 Å². The zero-order valence-corrected chi connectivity index (χ0v) is 11.8. The molecule has 0 aromatic heterocycles. The summed E-state index contributed by atoms with van der Waals surface area (Å²) in [6.45, 7) is 7.09. The Balaban J connectivity index is 2.77. The maximum Gasteiger partial charge on any atom is 0.251 e. The van der Waals surface area contributed by atoms with Crippen LogP contribution in [0.1, 0.15) is 24.2 Å². The number of benzene rings is 1. The highest BCUT2D eigenvalue weighted by atomic mass is 32.2. The summed E-state index contributed by atoms with van der Waals surface area (Å²) < 4.78 is 25.8. The number of sulfonamides is 1. The van der Waals surface area contributed by atoms with Crippen LogP contribution in [0.3, 0.4) is 0 Å². The predicted octanol–water partition coefficient (Wildman–Crippen LogP) is 1.75. The van der Waals surface area contributed by atoms with Crippen molar-refractivity contribution in [2.75, 3.05) is 11.3 Å². The fourth-order valence-electron chi connectivity index (χ4n) is 1.24. The van der Waals surface area contributed by atoms with Gasteiger partial charge in [-0.2, -0.15) is 0 Å². The van der Waals surface area contributed by atoms with Crippen molar-refractivity contribution in [2.24, 2.45) is 0 Å². The maximum absolute atomic E-state index is 11.7. The van der Waals surface area contributed by atoms with Crippen LogP contribution in [0.25, 0.3) is 0 Å². The standard InChI is InChI=1S/C13H18N2O3S/c1-4-9-14-13(16)11-5-7-12(8-6-11)15-19(17,18)10(2)3/h4-8,10,15H,1,9H2,2-3H3,(H,14,16). The van der Waals surface area contributed by atoms with Crippen LogP contribution < -0.4 is 10.0 Å². The summed E-state index contributed by atoms with van der Waals surface area (Å²) in [6.07, 6.45) is 1.59. The molecule has 0 aliphatic rings. The van der Waals surface area contributed by atoms with Gasteiger partial charge >= 0.3 is 0 Å². The molecule has 0 aliphatic heterocycles. The molecule has 104 valence electrons. The molecule has 19 heavy (non-hydrogen) atoms. The molecule has 2 N–H and O–H groups in total. The second-order valence-corrected chi connectivity index (χ2v) is 6.51. The van der Waals surface area contributed by atoms with Crippen LogP contribution in [-0.4, -0.2) is 26.1 Å². The van der Waals surface area contributed by atoms with Gasteiger partial charge in [-0.15, -0.1) is 6.58 Å². The molecule has 0 atom stereocenters. The van der Waals surface area contributed by atoms with E-state index < -0.39 is 15.3 Å². The third-order valence-corrected chi connectivity index (χ3v) is 4.20. The molecule has 0 radical (unpaired) electrons. The minimum absolute atomic E-state index is 0.224. The molecule has 0 fully saturated rings. The summed E-state index contributed by atoms with van der Waals surface area (Å²) in [5.41, 5.74) is 0.906. The van der Waals surface area contributed by atoms with Gasteiger partial charge in [-0.05, 0) is 38.1 Å². The van der Waals surface area contributed by atoms with Crippen molar-refractivity contribution < 1.29 is 13.2 Å². The largest absolute Gasteiger partial charge is 0.349 e. The summed E-state index contributed by atoms with van der Waals surface area (Å²) in [5, 5.41) is 2.13. The molecule has 0 unspecified atom stereocenters. The van der Waals surface area contributed by atoms with Gasteiger partial charge in [0.2, 0.25) is 10.0 Å². The van der Waals surface area contributed by atoms with Crippen LogP contribution in [0.5, 0.6) is 0 Å². The second-order valence-electron chi connectivity index (χ2n) is 4.27. The van der Waals surface area contributed by atoms with Gasteiger partial charge in [0.25, 0.3) is 5.91 Å². The van der Waals surface area contributed by atoms with E-state index in [4.69, 9.17) is 0 Å². The lowest BCUT2D eigenvalue weighted by atomic mass is 10.2. The zero-order valence-electron chi connectivity index (χ0n) is 11.0. The summed E-state index contributed by atoms with van der Waals surface area (Å²) >= 11 is 0. The van der Waals surface area contributed by atoms with Crippen molar-refractivity contribution in [3.8, 4) is 0 Å². The number of carbonyl (C=O) groups is 1. The zero-order chi connectivity index (χ0) is 14.5. The molecule has 1 rings (SSSR count). The minimum atomic E-state index is -3.36. The smallest absolute Gasteiger partial charge is 0.251 e. The Morgan fingerprint density at radius 1 is 1.32 bits per heavy atom. The predicted molar refractivity (Wildman–Crippen MR) is 76.7 cm³/mol. The van der Waals surface area contributed by atoms with Crippen molar-refractivity contribution in [3.05, 3.63) is 42.5 Å². The van der Waals surface area contributed by atoms with Gasteiger partial charge in [-0.1, -0.05) is 6.08 Å². The molecule has 0 heterocycles. The highest BCUT2D eigenvalue weighted by Gasteiger charge is 2.15. The topological polar surface area (TPSA) is 75.3 Å². The average Bonchev–Trinajstić information content (AvgIpc) is 2.36. The van der Waals surface area contributed by atoms with E-state index in [0.29, 0.717) is 17.8 Å². The fraction of sp³-hybridized carbons (Fsp3) is 0.308. The van der Waals surface area contributed by atoms with E-state index in [1.54, 1.807) is 44.2 Å². The van der Waals surface area contributed by atoms with Gasteiger partial charge in [0.15, 0.2) is 0 Å². The third-order valence-electron chi connectivity index (χ3n) is 2.43. The van der Waals surface area contributed by atoms with E-state index in [1.807, 2.05) is 0 Å². The Labute approximate surface area is 113 Å². The van der Waals surface area contributed by atoms with Crippen molar-refractivity contribution in [1.82, 2.24) is 5.32 Å². The van der Waals surface area contributed by atoms with Crippen LogP contribution in [0.4, 0.5) is 5.69 Å². The number of nitrogens with one attached hydrogen (secondary N) is 2. The Kier molecular flexibility index (Phi) is 5.11. The first-order valence-corrected chi connectivity index (χ1v) is 7.42. The van der Waals surface area contributed by atoms with E-state index in [1.165, 1.54) is 0 Å². The van der Waals surface area contributed by atoms with Crippen LogP contribution in [-0.2, 0) is 10.0 Å². The van der Waals surface area contributed by atoms with Gasteiger partial charge in [-0.25, -0.2) is 8.42 Å². The van der Waals surface area contributed by atoms with Gasteiger partial charge in [0.1, 0.15) is 0 Å². The van der Waals surface area contributed by atoms with Gasteiger partial charge in [0.05, 0.1) is 5.25 Å². The number of rotatable bonds is 6. The summed E-state index contributed by atoms with van der Waals surface area (Å²) in [4.78, 5) is 11.6. The molecule has 6 heteroatoms. The molecular weight excluding hydrogens is 264 g/mol. The number of hydrogen-bond donors (Lipinski definition) is 2. The van der Waals surface area contributed by atoms with Crippen LogP contribution in [0.15, 0.2) is 36.9 Å². The molecular formula is C13H18N2O3S. The monoisotopic (exact) mass is 282 g/mol. The Morgan fingerprint density at radius 3 is 2.37 bits per heavy atom. The lowest BCUT2D eigenvalue weighted by Crippen LogP contribution is -2.24.